The van der Waals surface area contributed by atoms with Crippen molar-refractivity contribution in [2.75, 3.05) is 0 Å². The first-order valence-electron chi connectivity index (χ1n) is 7.43. The fraction of sp³-hybridized carbons (Fsp3) is 0.353. The van der Waals surface area contributed by atoms with Crippen LogP contribution in [-0.4, -0.2) is 32.8 Å². The molecule has 1 amide bonds. The van der Waals surface area contributed by atoms with Gasteiger partial charge in [0.2, 0.25) is 0 Å². The van der Waals surface area contributed by atoms with E-state index in [0.717, 1.165) is 17.0 Å². The molecule has 1 aromatic carbocycles. The normalized spacial score (nSPS) is 12.0. The number of benzene rings is 1. The molecule has 0 aliphatic carbocycles. The van der Waals surface area contributed by atoms with Crippen LogP contribution >= 0.6 is 0 Å². The Morgan fingerprint density at radius 1 is 1.22 bits per heavy atom. The van der Waals surface area contributed by atoms with Crippen LogP contribution in [0.25, 0.3) is 0 Å². The number of rotatable bonds is 5. The molecule has 0 saturated heterocycles. The molecule has 2 rings (SSSR count). The van der Waals surface area contributed by atoms with Gasteiger partial charge in [0.15, 0.2) is 0 Å². The van der Waals surface area contributed by atoms with Gasteiger partial charge in [-0.2, -0.15) is 5.10 Å². The second-order valence-electron chi connectivity index (χ2n) is 5.73. The average Bonchev–Trinajstić information content (AvgIpc) is 2.73. The summed E-state index contributed by atoms with van der Waals surface area (Å²) in [6.45, 7) is 5.91. The maximum atomic E-state index is 12.2. The molecule has 0 aliphatic rings. The monoisotopic (exact) mass is 315 g/mol. The molecule has 2 aromatic rings. The van der Waals surface area contributed by atoms with E-state index in [1.165, 1.54) is 24.3 Å². The molecule has 1 heterocycles. The summed E-state index contributed by atoms with van der Waals surface area (Å²) in [7, 11) is 1.90. The third-order valence-corrected chi connectivity index (χ3v) is 3.94. The number of aromatic carboxylic acids is 1. The number of carbonyl (C=O) groups is 2. The van der Waals surface area contributed by atoms with Gasteiger partial charge >= 0.3 is 5.97 Å². The van der Waals surface area contributed by atoms with Gasteiger partial charge in [-0.3, -0.25) is 9.48 Å². The molecule has 2 N–H and O–H groups in total. The van der Waals surface area contributed by atoms with Crippen LogP contribution in [0.15, 0.2) is 24.3 Å². The molecule has 0 radical (unpaired) electrons. The van der Waals surface area contributed by atoms with Crippen molar-refractivity contribution in [2.45, 2.75) is 33.2 Å². The maximum Gasteiger partial charge on any atom is 0.335 e. The number of amides is 1. The zero-order valence-corrected chi connectivity index (χ0v) is 13.8. The van der Waals surface area contributed by atoms with E-state index in [1.54, 1.807) is 0 Å². The molecule has 0 saturated carbocycles. The summed E-state index contributed by atoms with van der Waals surface area (Å²) in [6, 6.07) is 5.84. The van der Waals surface area contributed by atoms with Crippen LogP contribution in [-0.2, 0) is 13.5 Å². The summed E-state index contributed by atoms with van der Waals surface area (Å²) in [5.41, 5.74) is 3.81. The first kappa shape index (κ1) is 16.7. The first-order chi connectivity index (χ1) is 10.8. The van der Waals surface area contributed by atoms with E-state index in [2.05, 4.69) is 10.4 Å². The summed E-state index contributed by atoms with van der Waals surface area (Å²) in [6.07, 6.45) is 0.699. The molecule has 23 heavy (non-hydrogen) atoms. The van der Waals surface area contributed by atoms with Crippen LogP contribution in [0.1, 0.15) is 44.6 Å². The molecular formula is C17H21N3O3. The molecule has 6 heteroatoms. The second kappa shape index (κ2) is 6.64. The van der Waals surface area contributed by atoms with Crippen LogP contribution in [0.2, 0.25) is 0 Å². The van der Waals surface area contributed by atoms with Crippen molar-refractivity contribution >= 4 is 11.9 Å². The predicted molar refractivity (Wildman–Crippen MR) is 86.7 cm³/mol. The Labute approximate surface area is 135 Å². The topological polar surface area (TPSA) is 84.2 Å². The Kier molecular flexibility index (Phi) is 4.83. The molecule has 1 atom stereocenters. The van der Waals surface area contributed by atoms with E-state index in [9.17, 15) is 9.59 Å². The first-order valence-corrected chi connectivity index (χ1v) is 7.43. The van der Waals surface area contributed by atoms with Gasteiger partial charge in [0.1, 0.15) is 0 Å². The summed E-state index contributed by atoms with van der Waals surface area (Å²) < 4.78 is 1.84. The Hall–Kier alpha value is -2.63. The molecule has 122 valence electrons. The average molecular weight is 315 g/mol. The minimum absolute atomic E-state index is 0.0525. The number of carbonyl (C=O) groups excluding carboxylic acids is 1. The Balaban J connectivity index is 2.03. The number of carboxylic acid groups (broad SMARTS) is 1. The molecule has 1 aromatic heterocycles. The highest BCUT2D eigenvalue weighted by Crippen LogP contribution is 2.14. The van der Waals surface area contributed by atoms with Crippen molar-refractivity contribution < 1.29 is 14.7 Å². The fourth-order valence-electron chi connectivity index (χ4n) is 2.54. The number of nitrogens with zero attached hydrogens (tertiary/aromatic N) is 2. The number of aryl methyl sites for hydroxylation is 2. The van der Waals surface area contributed by atoms with E-state index in [4.69, 9.17) is 5.11 Å². The molecule has 0 aliphatic heterocycles. The smallest absolute Gasteiger partial charge is 0.335 e. The molecule has 0 fully saturated rings. The standard InChI is InChI=1S/C17H21N3O3/c1-10(9-15-11(2)19-20(4)12(15)3)18-16(21)13-5-7-14(8-6-13)17(22)23/h5-8,10H,9H2,1-4H3,(H,18,21)(H,22,23). The van der Waals surface area contributed by atoms with Crippen molar-refractivity contribution in [3.05, 3.63) is 52.3 Å². The van der Waals surface area contributed by atoms with Crippen LogP contribution in [0.3, 0.4) is 0 Å². The highest BCUT2D eigenvalue weighted by atomic mass is 16.4. The van der Waals surface area contributed by atoms with Crippen LogP contribution in [0.4, 0.5) is 0 Å². The fourth-order valence-corrected chi connectivity index (χ4v) is 2.54. The van der Waals surface area contributed by atoms with Crippen molar-refractivity contribution in [1.29, 1.82) is 0 Å². The Bertz CT molecular complexity index is 732. The largest absolute Gasteiger partial charge is 0.478 e. The van der Waals surface area contributed by atoms with E-state index >= 15 is 0 Å². The highest BCUT2D eigenvalue weighted by Gasteiger charge is 2.15. The number of hydrogen-bond donors (Lipinski definition) is 2. The summed E-state index contributed by atoms with van der Waals surface area (Å²) in [4.78, 5) is 23.0. The minimum Gasteiger partial charge on any atom is -0.478 e. The maximum absolute atomic E-state index is 12.2. The predicted octanol–water partition coefficient (Wildman–Crippen LogP) is 2.10. The Morgan fingerprint density at radius 3 is 2.26 bits per heavy atom. The number of hydrogen-bond acceptors (Lipinski definition) is 3. The third kappa shape index (κ3) is 3.77. The van der Waals surface area contributed by atoms with Gasteiger partial charge in [0.25, 0.3) is 5.91 Å². The molecular weight excluding hydrogens is 294 g/mol. The zero-order chi connectivity index (χ0) is 17.1. The number of nitrogens with one attached hydrogen (secondary N) is 1. The summed E-state index contributed by atoms with van der Waals surface area (Å²) in [5, 5.41) is 16.2. The summed E-state index contributed by atoms with van der Waals surface area (Å²) >= 11 is 0. The van der Waals surface area contributed by atoms with Gasteiger partial charge < -0.3 is 10.4 Å². The lowest BCUT2D eigenvalue weighted by Gasteiger charge is -2.14. The van der Waals surface area contributed by atoms with Crippen LogP contribution < -0.4 is 5.32 Å². The van der Waals surface area contributed by atoms with E-state index < -0.39 is 5.97 Å². The van der Waals surface area contributed by atoms with Crippen molar-refractivity contribution in [3.8, 4) is 0 Å². The highest BCUT2D eigenvalue weighted by molar-refractivity contribution is 5.96. The molecule has 0 spiro atoms. The lowest BCUT2D eigenvalue weighted by Crippen LogP contribution is -2.34. The summed E-state index contributed by atoms with van der Waals surface area (Å²) in [5.74, 6) is -1.22. The quantitative estimate of drug-likeness (QED) is 0.885. The van der Waals surface area contributed by atoms with Gasteiger partial charge in [-0.1, -0.05) is 0 Å². The van der Waals surface area contributed by atoms with E-state index in [0.29, 0.717) is 12.0 Å². The van der Waals surface area contributed by atoms with E-state index in [-0.39, 0.29) is 17.5 Å². The lowest BCUT2D eigenvalue weighted by molar-refractivity contribution is 0.0696. The van der Waals surface area contributed by atoms with Crippen LogP contribution in [0, 0.1) is 13.8 Å². The minimum atomic E-state index is -1.01. The van der Waals surface area contributed by atoms with Crippen molar-refractivity contribution in [2.24, 2.45) is 7.05 Å². The van der Waals surface area contributed by atoms with Gasteiger partial charge in [-0.15, -0.1) is 0 Å². The van der Waals surface area contributed by atoms with Gasteiger partial charge in [-0.25, -0.2) is 4.79 Å². The van der Waals surface area contributed by atoms with Crippen molar-refractivity contribution in [1.82, 2.24) is 15.1 Å². The second-order valence-corrected chi connectivity index (χ2v) is 5.73. The van der Waals surface area contributed by atoms with Gasteiger partial charge in [-0.05, 0) is 57.0 Å². The van der Waals surface area contributed by atoms with Crippen molar-refractivity contribution in [3.63, 3.8) is 0 Å². The van der Waals surface area contributed by atoms with Gasteiger partial charge in [0, 0.05) is 24.3 Å². The number of aromatic nitrogens is 2. The lowest BCUT2D eigenvalue weighted by atomic mass is 10.0. The molecule has 0 bridgehead atoms. The van der Waals surface area contributed by atoms with Gasteiger partial charge in [0.05, 0.1) is 11.3 Å². The SMILES string of the molecule is Cc1nn(C)c(C)c1CC(C)NC(=O)c1ccc(C(=O)O)cc1. The molecule has 6 nitrogen and oxygen atoms in total. The number of carboxylic acids is 1. The van der Waals surface area contributed by atoms with Crippen LogP contribution in [0.5, 0.6) is 0 Å². The Morgan fingerprint density at radius 2 is 1.78 bits per heavy atom. The van der Waals surface area contributed by atoms with E-state index in [1.807, 2.05) is 32.5 Å². The third-order valence-electron chi connectivity index (χ3n) is 3.94. The zero-order valence-electron chi connectivity index (χ0n) is 13.8. The molecule has 1 unspecified atom stereocenters.